The van der Waals surface area contributed by atoms with Crippen molar-refractivity contribution >= 4 is 11.3 Å². The zero-order valence-corrected chi connectivity index (χ0v) is 13.0. The number of likely N-dealkylation sites (N-methyl/N-ethyl adjacent to an activating group) is 1. The average Bonchev–Trinajstić information content (AvgIpc) is 2.75. The fourth-order valence-corrected chi connectivity index (χ4v) is 3.38. The molecule has 0 fully saturated rings. The second-order valence-corrected chi connectivity index (χ2v) is 6.13. The van der Waals surface area contributed by atoms with Gasteiger partial charge in [0, 0.05) is 10.9 Å². The first-order valence-electron chi connectivity index (χ1n) is 6.83. The Bertz CT molecular complexity index is 528. The van der Waals surface area contributed by atoms with Crippen LogP contribution in [0.15, 0.2) is 24.3 Å². The van der Waals surface area contributed by atoms with Gasteiger partial charge in [-0.3, -0.25) is 0 Å². The van der Waals surface area contributed by atoms with Gasteiger partial charge in [-0.2, -0.15) is 0 Å². The number of aromatic nitrogens is 1. The molecule has 19 heavy (non-hydrogen) atoms. The lowest BCUT2D eigenvalue weighted by Crippen LogP contribution is -2.18. The van der Waals surface area contributed by atoms with Crippen molar-refractivity contribution in [3.8, 4) is 0 Å². The maximum Gasteiger partial charge on any atom is 0.0900 e. The molecule has 0 saturated heterocycles. The van der Waals surface area contributed by atoms with E-state index in [0.717, 1.165) is 23.5 Å². The Morgan fingerprint density at radius 3 is 2.26 bits per heavy atom. The summed E-state index contributed by atoms with van der Waals surface area (Å²) in [6.45, 7) is 6.36. The highest BCUT2D eigenvalue weighted by molar-refractivity contribution is 7.11. The van der Waals surface area contributed by atoms with E-state index in [1.165, 1.54) is 16.0 Å². The van der Waals surface area contributed by atoms with E-state index >= 15 is 0 Å². The molecule has 2 aromatic rings. The summed E-state index contributed by atoms with van der Waals surface area (Å²) in [5.41, 5.74) is 3.93. The highest BCUT2D eigenvalue weighted by Gasteiger charge is 2.16. The smallest absolute Gasteiger partial charge is 0.0900 e. The van der Waals surface area contributed by atoms with Gasteiger partial charge in [-0.25, -0.2) is 4.98 Å². The lowest BCUT2D eigenvalue weighted by molar-refractivity contribution is 0.597. The number of benzene rings is 1. The second kappa shape index (κ2) is 6.31. The third kappa shape index (κ3) is 3.43. The van der Waals surface area contributed by atoms with Gasteiger partial charge in [0.15, 0.2) is 0 Å². The fraction of sp³-hybridized carbons (Fsp3) is 0.438. The van der Waals surface area contributed by atoms with Crippen molar-refractivity contribution in [2.75, 3.05) is 7.05 Å². The van der Waals surface area contributed by atoms with E-state index in [1.807, 2.05) is 7.05 Å². The molecule has 0 bridgehead atoms. The first-order valence-corrected chi connectivity index (χ1v) is 7.64. The number of nitrogens with one attached hydrogen (secondary N) is 1. The molecule has 102 valence electrons. The standard InChI is InChI=1S/C16H22N2S/c1-5-13-6-8-14(9-7-13)10-15(17-4)16-11(2)18-12(3)19-16/h6-9,15,17H,5,10H2,1-4H3. The molecule has 1 atom stereocenters. The van der Waals surface area contributed by atoms with Crippen LogP contribution < -0.4 is 5.32 Å². The minimum Gasteiger partial charge on any atom is -0.312 e. The fourth-order valence-electron chi connectivity index (χ4n) is 2.34. The Morgan fingerprint density at radius 2 is 1.79 bits per heavy atom. The quantitative estimate of drug-likeness (QED) is 0.896. The van der Waals surface area contributed by atoms with E-state index in [-0.39, 0.29) is 0 Å². The molecular formula is C16H22N2S. The summed E-state index contributed by atoms with van der Waals surface area (Å²) in [4.78, 5) is 5.89. The Labute approximate surface area is 119 Å². The third-order valence-electron chi connectivity index (χ3n) is 3.48. The van der Waals surface area contributed by atoms with Gasteiger partial charge < -0.3 is 5.32 Å². The molecule has 3 heteroatoms. The summed E-state index contributed by atoms with van der Waals surface area (Å²) in [6.07, 6.45) is 2.12. The number of thiazole rings is 1. The topological polar surface area (TPSA) is 24.9 Å². The van der Waals surface area contributed by atoms with Crippen molar-refractivity contribution in [1.82, 2.24) is 10.3 Å². The van der Waals surface area contributed by atoms with E-state index in [2.05, 4.69) is 55.3 Å². The van der Waals surface area contributed by atoms with Crippen molar-refractivity contribution in [2.45, 2.75) is 39.7 Å². The highest BCUT2D eigenvalue weighted by atomic mass is 32.1. The lowest BCUT2D eigenvalue weighted by Gasteiger charge is -2.15. The van der Waals surface area contributed by atoms with Gasteiger partial charge >= 0.3 is 0 Å². The molecular weight excluding hydrogens is 252 g/mol. The van der Waals surface area contributed by atoms with Crippen molar-refractivity contribution < 1.29 is 0 Å². The summed E-state index contributed by atoms with van der Waals surface area (Å²) in [5.74, 6) is 0. The summed E-state index contributed by atoms with van der Waals surface area (Å²) in [5, 5.41) is 4.57. The molecule has 0 saturated carbocycles. The number of hydrogen-bond acceptors (Lipinski definition) is 3. The minimum absolute atomic E-state index is 0.360. The maximum atomic E-state index is 4.53. The molecule has 0 spiro atoms. The van der Waals surface area contributed by atoms with Crippen LogP contribution in [0.1, 0.15) is 39.7 Å². The van der Waals surface area contributed by atoms with Crippen LogP contribution in [0.2, 0.25) is 0 Å². The summed E-state index contributed by atoms with van der Waals surface area (Å²) in [6, 6.07) is 9.30. The van der Waals surface area contributed by atoms with E-state index < -0.39 is 0 Å². The number of hydrogen-bond donors (Lipinski definition) is 1. The lowest BCUT2D eigenvalue weighted by atomic mass is 10.0. The van der Waals surface area contributed by atoms with Crippen molar-refractivity contribution in [2.24, 2.45) is 0 Å². The molecule has 1 aromatic carbocycles. The van der Waals surface area contributed by atoms with Gasteiger partial charge in [0.05, 0.1) is 10.7 Å². The van der Waals surface area contributed by atoms with Crippen LogP contribution in [0.5, 0.6) is 0 Å². The van der Waals surface area contributed by atoms with Crippen LogP contribution in [0, 0.1) is 13.8 Å². The Hall–Kier alpha value is -1.19. The second-order valence-electron chi connectivity index (χ2n) is 4.90. The molecule has 1 unspecified atom stereocenters. The van der Waals surface area contributed by atoms with E-state index in [0.29, 0.717) is 6.04 Å². The molecule has 1 heterocycles. The van der Waals surface area contributed by atoms with Gasteiger partial charge in [0.1, 0.15) is 0 Å². The normalized spacial score (nSPS) is 12.6. The molecule has 2 rings (SSSR count). The number of rotatable bonds is 5. The minimum atomic E-state index is 0.360. The van der Waals surface area contributed by atoms with Crippen LogP contribution in [0.4, 0.5) is 0 Å². The van der Waals surface area contributed by atoms with Crippen molar-refractivity contribution in [3.63, 3.8) is 0 Å². The van der Waals surface area contributed by atoms with Crippen LogP contribution in [0.25, 0.3) is 0 Å². The average molecular weight is 274 g/mol. The summed E-state index contributed by atoms with van der Waals surface area (Å²) in [7, 11) is 2.03. The molecule has 1 N–H and O–H groups in total. The number of nitrogens with zero attached hydrogens (tertiary/aromatic N) is 1. The van der Waals surface area contributed by atoms with Gasteiger partial charge in [-0.1, -0.05) is 31.2 Å². The Balaban J connectivity index is 2.16. The van der Waals surface area contributed by atoms with Crippen molar-refractivity contribution in [1.29, 1.82) is 0 Å². The summed E-state index contributed by atoms with van der Waals surface area (Å²) >= 11 is 1.80. The van der Waals surface area contributed by atoms with E-state index in [1.54, 1.807) is 11.3 Å². The predicted octanol–water partition coefficient (Wildman–Crippen LogP) is 3.83. The molecule has 1 aromatic heterocycles. The van der Waals surface area contributed by atoms with E-state index in [4.69, 9.17) is 0 Å². The first-order chi connectivity index (χ1) is 9.13. The molecule has 0 aliphatic rings. The third-order valence-corrected chi connectivity index (χ3v) is 4.66. The van der Waals surface area contributed by atoms with Gasteiger partial charge in [-0.15, -0.1) is 11.3 Å². The van der Waals surface area contributed by atoms with Gasteiger partial charge in [-0.05, 0) is 44.9 Å². The maximum absolute atomic E-state index is 4.53. The Kier molecular flexibility index (Phi) is 4.72. The summed E-state index contributed by atoms with van der Waals surface area (Å²) < 4.78 is 0. The van der Waals surface area contributed by atoms with Crippen LogP contribution >= 0.6 is 11.3 Å². The molecule has 0 radical (unpaired) electrons. The number of aryl methyl sites for hydroxylation is 3. The largest absolute Gasteiger partial charge is 0.312 e. The molecule has 0 aliphatic heterocycles. The predicted molar refractivity (Wildman–Crippen MR) is 82.9 cm³/mol. The Morgan fingerprint density at radius 1 is 1.16 bits per heavy atom. The zero-order valence-electron chi connectivity index (χ0n) is 12.2. The monoisotopic (exact) mass is 274 g/mol. The van der Waals surface area contributed by atoms with Gasteiger partial charge in [0.25, 0.3) is 0 Å². The van der Waals surface area contributed by atoms with Crippen LogP contribution in [-0.2, 0) is 12.8 Å². The zero-order chi connectivity index (χ0) is 13.8. The van der Waals surface area contributed by atoms with Crippen LogP contribution in [0.3, 0.4) is 0 Å². The molecule has 0 amide bonds. The highest BCUT2D eigenvalue weighted by Crippen LogP contribution is 2.27. The molecule has 2 nitrogen and oxygen atoms in total. The molecule has 0 aliphatic carbocycles. The van der Waals surface area contributed by atoms with Gasteiger partial charge in [0.2, 0.25) is 0 Å². The van der Waals surface area contributed by atoms with Crippen LogP contribution in [-0.4, -0.2) is 12.0 Å². The first kappa shape index (κ1) is 14.2. The SMILES string of the molecule is CCc1ccc(CC(NC)c2sc(C)nc2C)cc1. The van der Waals surface area contributed by atoms with E-state index in [9.17, 15) is 0 Å². The van der Waals surface area contributed by atoms with Crippen molar-refractivity contribution in [3.05, 3.63) is 51.0 Å².